The van der Waals surface area contributed by atoms with Gasteiger partial charge in [0.15, 0.2) is 0 Å². The Bertz CT molecular complexity index is 751. The smallest absolute Gasteiger partial charge is 0.327 e. The lowest BCUT2D eigenvalue weighted by Gasteiger charge is -2.40. The maximum Gasteiger partial charge on any atom is 0.327 e. The van der Waals surface area contributed by atoms with Crippen LogP contribution in [0, 0.1) is 11.6 Å². The van der Waals surface area contributed by atoms with Crippen molar-refractivity contribution in [3.05, 3.63) is 71.3 Å². The number of hydrogen-bond acceptors (Lipinski definition) is 4. The highest BCUT2D eigenvalue weighted by Gasteiger charge is 2.56. The van der Waals surface area contributed by atoms with Crippen molar-refractivity contribution in [2.24, 2.45) is 0 Å². The first kappa shape index (κ1) is 15.2. The number of ether oxygens (including phenoxy) is 1. The van der Waals surface area contributed by atoms with Crippen LogP contribution in [-0.2, 0) is 15.3 Å². The Morgan fingerprint density at radius 2 is 1.71 bits per heavy atom. The van der Waals surface area contributed by atoms with Crippen molar-refractivity contribution in [1.82, 2.24) is 10.2 Å². The number of piperazine rings is 1. The number of carbonyl (C=O) groups is 1. The normalized spacial score (nSPS) is 22.9. The summed E-state index contributed by atoms with van der Waals surface area (Å²) in [6.07, 6.45) is 0. The molecule has 4 nitrogen and oxygen atoms in total. The van der Waals surface area contributed by atoms with Crippen molar-refractivity contribution < 1.29 is 18.3 Å². The molecule has 24 heavy (non-hydrogen) atoms. The Kier molecular flexibility index (Phi) is 3.58. The number of halogens is 2. The number of fused-ring (bicyclic) bond motifs is 1. The van der Waals surface area contributed by atoms with Crippen LogP contribution in [-0.4, -0.2) is 36.5 Å². The SMILES string of the molecule is O=C1OC(c2cccc(F)c2)(c2cccc(F)c2)N2CCNCC12. The zero-order valence-electron chi connectivity index (χ0n) is 12.8. The lowest BCUT2D eigenvalue weighted by Crippen LogP contribution is -2.56. The fourth-order valence-corrected chi connectivity index (χ4v) is 3.58. The van der Waals surface area contributed by atoms with Crippen molar-refractivity contribution in [3.63, 3.8) is 0 Å². The van der Waals surface area contributed by atoms with Crippen molar-refractivity contribution in [2.45, 2.75) is 11.8 Å². The van der Waals surface area contributed by atoms with E-state index >= 15 is 0 Å². The van der Waals surface area contributed by atoms with E-state index in [9.17, 15) is 13.6 Å². The summed E-state index contributed by atoms with van der Waals surface area (Å²) in [6, 6.07) is 11.4. The second-order valence-electron chi connectivity index (χ2n) is 6.00. The second-order valence-corrected chi connectivity index (χ2v) is 6.00. The fraction of sp³-hybridized carbons (Fsp3) is 0.278. The van der Waals surface area contributed by atoms with Crippen LogP contribution in [0.2, 0.25) is 0 Å². The average molecular weight is 330 g/mol. The molecule has 2 heterocycles. The summed E-state index contributed by atoms with van der Waals surface area (Å²) in [5.74, 6) is -1.26. The van der Waals surface area contributed by atoms with Gasteiger partial charge in [0, 0.05) is 30.8 Å². The van der Waals surface area contributed by atoms with Crippen molar-refractivity contribution in [3.8, 4) is 0 Å². The molecule has 0 amide bonds. The van der Waals surface area contributed by atoms with E-state index in [4.69, 9.17) is 4.74 Å². The van der Waals surface area contributed by atoms with Gasteiger partial charge in [-0.1, -0.05) is 24.3 Å². The van der Waals surface area contributed by atoms with Crippen LogP contribution in [0.1, 0.15) is 11.1 Å². The quantitative estimate of drug-likeness (QED) is 0.855. The number of benzene rings is 2. The number of hydrogen-bond donors (Lipinski definition) is 1. The van der Waals surface area contributed by atoms with Gasteiger partial charge in [-0.05, 0) is 24.3 Å². The molecule has 2 aliphatic heterocycles. The summed E-state index contributed by atoms with van der Waals surface area (Å²) in [7, 11) is 0. The molecule has 2 fully saturated rings. The molecule has 0 saturated carbocycles. The number of nitrogens with zero attached hydrogens (tertiary/aromatic N) is 1. The molecule has 6 heteroatoms. The molecule has 0 spiro atoms. The lowest BCUT2D eigenvalue weighted by atomic mass is 9.91. The Hall–Kier alpha value is -2.31. The predicted molar refractivity (Wildman–Crippen MR) is 83.0 cm³/mol. The van der Waals surface area contributed by atoms with Gasteiger partial charge >= 0.3 is 5.97 Å². The van der Waals surface area contributed by atoms with Gasteiger partial charge in [-0.3, -0.25) is 4.79 Å². The lowest BCUT2D eigenvalue weighted by molar-refractivity contribution is -0.149. The van der Waals surface area contributed by atoms with E-state index in [2.05, 4.69) is 5.32 Å². The largest absolute Gasteiger partial charge is 0.434 e. The van der Waals surface area contributed by atoms with Gasteiger partial charge in [0.1, 0.15) is 17.7 Å². The monoisotopic (exact) mass is 330 g/mol. The first-order valence-corrected chi connectivity index (χ1v) is 7.84. The van der Waals surface area contributed by atoms with Crippen LogP contribution < -0.4 is 5.32 Å². The fourth-order valence-electron chi connectivity index (χ4n) is 3.58. The number of esters is 1. The van der Waals surface area contributed by atoms with Crippen molar-refractivity contribution in [2.75, 3.05) is 19.6 Å². The highest BCUT2D eigenvalue weighted by atomic mass is 19.1. The molecule has 0 aliphatic carbocycles. The molecule has 0 aromatic heterocycles. The molecule has 2 saturated heterocycles. The van der Waals surface area contributed by atoms with Gasteiger partial charge in [-0.15, -0.1) is 0 Å². The Labute approximate surface area is 138 Å². The molecule has 2 aliphatic rings. The molecule has 1 unspecified atom stereocenters. The summed E-state index contributed by atoms with van der Waals surface area (Å²) < 4.78 is 33.5. The number of cyclic esters (lactones) is 1. The van der Waals surface area contributed by atoms with Crippen LogP contribution in [0.4, 0.5) is 8.78 Å². The molecule has 1 N–H and O–H groups in total. The van der Waals surface area contributed by atoms with E-state index in [1.165, 1.54) is 24.3 Å². The van der Waals surface area contributed by atoms with Crippen molar-refractivity contribution in [1.29, 1.82) is 0 Å². The van der Waals surface area contributed by atoms with E-state index < -0.39 is 29.4 Å². The van der Waals surface area contributed by atoms with Gasteiger partial charge in [-0.25, -0.2) is 13.7 Å². The average Bonchev–Trinajstić information content (AvgIpc) is 2.89. The van der Waals surface area contributed by atoms with Gasteiger partial charge in [0.2, 0.25) is 5.72 Å². The van der Waals surface area contributed by atoms with Crippen LogP contribution in [0.25, 0.3) is 0 Å². The van der Waals surface area contributed by atoms with E-state index in [-0.39, 0.29) is 0 Å². The molecule has 0 bridgehead atoms. The minimum atomic E-state index is -1.31. The number of carbonyl (C=O) groups excluding carboxylic acids is 1. The molecule has 1 atom stereocenters. The van der Waals surface area contributed by atoms with Crippen LogP contribution >= 0.6 is 0 Å². The highest BCUT2D eigenvalue weighted by Crippen LogP contribution is 2.44. The van der Waals surface area contributed by atoms with Crippen LogP contribution in [0.15, 0.2) is 48.5 Å². The Morgan fingerprint density at radius 3 is 2.29 bits per heavy atom. The maximum absolute atomic E-state index is 13.9. The first-order valence-electron chi connectivity index (χ1n) is 7.84. The summed E-state index contributed by atoms with van der Waals surface area (Å²) in [6.45, 7) is 1.65. The highest BCUT2D eigenvalue weighted by molar-refractivity contribution is 5.80. The van der Waals surface area contributed by atoms with E-state index in [1.807, 2.05) is 4.90 Å². The third-order valence-electron chi connectivity index (χ3n) is 4.60. The molecular formula is C18H16F2N2O2. The zero-order valence-corrected chi connectivity index (χ0v) is 12.8. The zero-order chi connectivity index (χ0) is 16.7. The maximum atomic E-state index is 13.9. The topological polar surface area (TPSA) is 41.6 Å². The summed E-state index contributed by atoms with van der Waals surface area (Å²) in [5, 5.41) is 3.16. The van der Waals surface area contributed by atoms with Crippen LogP contribution in [0.3, 0.4) is 0 Å². The van der Waals surface area contributed by atoms with Crippen molar-refractivity contribution >= 4 is 5.97 Å². The third-order valence-corrected chi connectivity index (χ3v) is 4.60. The first-order chi connectivity index (χ1) is 11.6. The van der Waals surface area contributed by atoms with Gasteiger partial charge in [0.25, 0.3) is 0 Å². The number of nitrogens with one attached hydrogen (secondary N) is 1. The van der Waals surface area contributed by atoms with Gasteiger partial charge < -0.3 is 10.1 Å². The second kappa shape index (κ2) is 5.65. The summed E-state index contributed by atoms with van der Waals surface area (Å²) in [4.78, 5) is 14.3. The molecule has 124 valence electrons. The predicted octanol–water partition coefficient (Wildman–Crippen LogP) is 2.00. The summed E-state index contributed by atoms with van der Waals surface area (Å²) in [5.41, 5.74) is -0.356. The van der Waals surface area contributed by atoms with Crippen LogP contribution in [0.5, 0.6) is 0 Å². The molecular weight excluding hydrogens is 314 g/mol. The van der Waals surface area contributed by atoms with E-state index in [0.717, 1.165) is 0 Å². The minimum absolute atomic E-state index is 0.393. The molecule has 2 aromatic rings. The molecule has 4 rings (SSSR count). The Balaban J connectivity index is 1.95. The molecule has 2 aromatic carbocycles. The minimum Gasteiger partial charge on any atom is -0.434 e. The third kappa shape index (κ3) is 2.22. The number of rotatable bonds is 2. The summed E-state index contributed by atoms with van der Waals surface area (Å²) >= 11 is 0. The van der Waals surface area contributed by atoms with E-state index in [1.54, 1.807) is 24.3 Å². The van der Waals surface area contributed by atoms with Gasteiger partial charge in [0.05, 0.1) is 0 Å². The van der Waals surface area contributed by atoms with E-state index in [0.29, 0.717) is 30.8 Å². The van der Waals surface area contributed by atoms with Gasteiger partial charge in [-0.2, -0.15) is 0 Å². The standard InChI is InChI=1S/C18H16F2N2O2/c19-14-5-1-3-12(9-14)18(13-4-2-6-15(20)10-13)22-8-7-21-11-16(22)17(23)24-18/h1-6,9-10,16,21H,7-8,11H2. The molecule has 0 radical (unpaired) electrons. The Morgan fingerprint density at radius 1 is 1.08 bits per heavy atom.